The van der Waals surface area contributed by atoms with Crippen molar-refractivity contribution in [1.29, 1.82) is 0 Å². The fourth-order valence-corrected chi connectivity index (χ4v) is 9.99. The first-order valence-corrected chi connectivity index (χ1v) is 20.7. The normalized spacial score (nSPS) is 12.8. The van der Waals surface area contributed by atoms with Crippen LogP contribution in [0.25, 0.3) is 98.6 Å². The van der Waals surface area contributed by atoms with Crippen LogP contribution < -0.4 is 0 Å². The number of aromatic nitrogens is 2. The molecular formula is C55H38N2S. The summed E-state index contributed by atoms with van der Waals surface area (Å²) >= 11 is 1.85. The maximum atomic E-state index is 5.34. The van der Waals surface area contributed by atoms with Crippen molar-refractivity contribution in [2.75, 3.05) is 0 Å². The number of hydrogen-bond acceptors (Lipinski definition) is 3. The Kier molecular flexibility index (Phi) is 8.06. The Morgan fingerprint density at radius 2 is 0.897 bits per heavy atom. The zero-order chi connectivity index (χ0) is 38.8. The monoisotopic (exact) mass is 758 g/mol. The van der Waals surface area contributed by atoms with Crippen molar-refractivity contribution >= 4 is 31.5 Å². The van der Waals surface area contributed by atoms with E-state index in [4.69, 9.17) is 9.97 Å². The molecule has 0 fully saturated rings. The van der Waals surface area contributed by atoms with Crippen LogP contribution in [-0.2, 0) is 5.41 Å². The standard InChI is InChI=1S/C55H38N2S/c1-55(2)48-22-11-9-20-44(48)45-26-25-40(32-49(45)55)50-34-51(57-54(56-50)36-16-7-4-8-17-36)43-30-41(38-19-13-18-37(28-38)35-14-5-3-6-15-35)29-42(31-43)39-24-27-47-46-21-10-12-23-52(46)58-53(47)33-39/h3-34H,1-2H3. The fraction of sp³-hybridized carbons (Fsp3) is 0.0545. The molecule has 0 unspecified atom stereocenters. The van der Waals surface area contributed by atoms with Crippen LogP contribution in [0.15, 0.2) is 194 Å². The predicted molar refractivity (Wildman–Crippen MR) is 245 cm³/mol. The van der Waals surface area contributed by atoms with E-state index in [1.807, 2.05) is 17.4 Å². The third-order valence-electron chi connectivity index (χ3n) is 11.9. The van der Waals surface area contributed by atoms with Gasteiger partial charge in [0.2, 0.25) is 0 Å². The highest BCUT2D eigenvalue weighted by Crippen LogP contribution is 2.49. The summed E-state index contributed by atoms with van der Waals surface area (Å²) in [5, 5.41) is 2.60. The van der Waals surface area contributed by atoms with Crippen LogP contribution >= 0.6 is 11.3 Å². The molecular weight excluding hydrogens is 721 g/mol. The maximum absolute atomic E-state index is 5.34. The molecule has 8 aromatic carbocycles. The smallest absolute Gasteiger partial charge is 0.160 e. The van der Waals surface area contributed by atoms with Crippen molar-refractivity contribution in [1.82, 2.24) is 9.97 Å². The van der Waals surface area contributed by atoms with Gasteiger partial charge >= 0.3 is 0 Å². The average Bonchev–Trinajstić information content (AvgIpc) is 3.77. The van der Waals surface area contributed by atoms with Gasteiger partial charge in [0.15, 0.2) is 5.82 Å². The van der Waals surface area contributed by atoms with Crippen LogP contribution in [0.3, 0.4) is 0 Å². The first kappa shape index (κ1) is 34.3. The molecule has 0 atom stereocenters. The molecule has 2 aromatic heterocycles. The molecule has 11 rings (SSSR count). The SMILES string of the molecule is CC1(C)c2ccccc2-c2ccc(-c3cc(-c4cc(-c5cccc(-c6ccccc6)c5)cc(-c5ccc6c(c5)sc5ccccc56)c4)nc(-c4ccccc4)n3)cc21. The summed E-state index contributed by atoms with van der Waals surface area (Å²) in [5.74, 6) is 0.709. The Morgan fingerprint density at radius 1 is 0.345 bits per heavy atom. The van der Waals surface area contributed by atoms with Gasteiger partial charge in [-0.3, -0.25) is 0 Å². The van der Waals surface area contributed by atoms with Gasteiger partial charge in [-0.15, -0.1) is 11.3 Å². The first-order valence-electron chi connectivity index (χ1n) is 19.9. The molecule has 0 saturated carbocycles. The van der Waals surface area contributed by atoms with E-state index in [-0.39, 0.29) is 5.41 Å². The highest BCUT2D eigenvalue weighted by Gasteiger charge is 2.35. The minimum absolute atomic E-state index is 0.118. The second kappa shape index (κ2) is 13.6. The molecule has 1 aliphatic carbocycles. The molecule has 2 nitrogen and oxygen atoms in total. The van der Waals surface area contributed by atoms with Gasteiger partial charge < -0.3 is 0 Å². The van der Waals surface area contributed by atoms with Crippen molar-refractivity contribution < 1.29 is 0 Å². The van der Waals surface area contributed by atoms with E-state index in [0.717, 1.165) is 44.8 Å². The molecule has 1 aliphatic rings. The lowest BCUT2D eigenvalue weighted by molar-refractivity contribution is 0.660. The molecule has 0 aliphatic heterocycles. The van der Waals surface area contributed by atoms with Crippen LogP contribution in [0.1, 0.15) is 25.0 Å². The zero-order valence-corrected chi connectivity index (χ0v) is 33.1. The Morgan fingerprint density at radius 3 is 1.69 bits per heavy atom. The minimum Gasteiger partial charge on any atom is -0.228 e. The van der Waals surface area contributed by atoms with E-state index in [2.05, 4.69) is 202 Å². The first-order chi connectivity index (χ1) is 28.5. The molecule has 0 N–H and O–H groups in total. The summed E-state index contributed by atoms with van der Waals surface area (Å²) < 4.78 is 2.59. The van der Waals surface area contributed by atoms with Crippen LogP contribution in [0.2, 0.25) is 0 Å². The van der Waals surface area contributed by atoms with Gasteiger partial charge in [-0.2, -0.15) is 0 Å². The largest absolute Gasteiger partial charge is 0.228 e. The highest BCUT2D eigenvalue weighted by atomic mass is 32.1. The summed E-state index contributed by atoms with van der Waals surface area (Å²) in [4.78, 5) is 10.6. The average molecular weight is 759 g/mol. The fourth-order valence-electron chi connectivity index (χ4n) is 8.85. The number of nitrogens with zero attached hydrogens (tertiary/aromatic N) is 2. The molecule has 2 heterocycles. The number of thiophene rings is 1. The summed E-state index contributed by atoms with van der Waals surface area (Å²) in [5.41, 5.74) is 17.1. The molecule has 0 amide bonds. The third kappa shape index (κ3) is 5.86. The number of fused-ring (bicyclic) bond motifs is 6. The lowest BCUT2D eigenvalue weighted by Crippen LogP contribution is -2.14. The molecule has 58 heavy (non-hydrogen) atoms. The van der Waals surface area contributed by atoms with Gasteiger partial charge in [0.05, 0.1) is 11.4 Å². The summed E-state index contributed by atoms with van der Waals surface area (Å²) in [6.07, 6.45) is 0. The van der Waals surface area contributed by atoms with E-state index in [1.165, 1.54) is 59.1 Å². The lowest BCUT2D eigenvalue weighted by Gasteiger charge is -2.22. The highest BCUT2D eigenvalue weighted by molar-refractivity contribution is 7.25. The molecule has 274 valence electrons. The van der Waals surface area contributed by atoms with Gasteiger partial charge in [-0.05, 0) is 104 Å². The number of benzene rings is 8. The van der Waals surface area contributed by atoms with Gasteiger partial charge in [-0.25, -0.2) is 9.97 Å². The Hall–Kier alpha value is -6.94. The van der Waals surface area contributed by atoms with Gasteiger partial charge in [0.1, 0.15) is 0 Å². The number of hydrogen-bond donors (Lipinski definition) is 0. The molecule has 10 aromatic rings. The third-order valence-corrected chi connectivity index (χ3v) is 13.0. The minimum atomic E-state index is -0.118. The molecule has 0 radical (unpaired) electrons. The molecule has 0 spiro atoms. The lowest BCUT2D eigenvalue weighted by atomic mass is 9.82. The van der Waals surface area contributed by atoms with Gasteiger partial charge in [-0.1, -0.05) is 159 Å². The molecule has 0 saturated heterocycles. The van der Waals surface area contributed by atoms with Crippen LogP contribution in [0, 0.1) is 0 Å². The van der Waals surface area contributed by atoms with Gasteiger partial charge in [0.25, 0.3) is 0 Å². The second-order valence-electron chi connectivity index (χ2n) is 15.8. The second-order valence-corrected chi connectivity index (χ2v) is 16.9. The Balaban J connectivity index is 1.11. The van der Waals surface area contributed by atoms with E-state index < -0.39 is 0 Å². The van der Waals surface area contributed by atoms with E-state index in [0.29, 0.717) is 5.82 Å². The zero-order valence-electron chi connectivity index (χ0n) is 32.3. The summed E-state index contributed by atoms with van der Waals surface area (Å²) in [6.45, 7) is 4.66. The van der Waals surface area contributed by atoms with Crippen molar-refractivity contribution in [3.8, 4) is 78.4 Å². The van der Waals surface area contributed by atoms with E-state index in [1.54, 1.807) is 0 Å². The topological polar surface area (TPSA) is 25.8 Å². The van der Waals surface area contributed by atoms with E-state index >= 15 is 0 Å². The van der Waals surface area contributed by atoms with Gasteiger partial charge in [0, 0.05) is 42.3 Å². The molecule has 0 bridgehead atoms. The van der Waals surface area contributed by atoms with Crippen LogP contribution in [-0.4, -0.2) is 9.97 Å². The maximum Gasteiger partial charge on any atom is 0.160 e. The van der Waals surface area contributed by atoms with Crippen molar-refractivity contribution in [3.63, 3.8) is 0 Å². The molecule has 3 heteroatoms. The van der Waals surface area contributed by atoms with Crippen molar-refractivity contribution in [3.05, 3.63) is 205 Å². The van der Waals surface area contributed by atoms with Crippen molar-refractivity contribution in [2.24, 2.45) is 0 Å². The Labute approximate surface area is 342 Å². The summed E-state index contributed by atoms with van der Waals surface area (Å²) in [7, 11) is 0. The van der Waals surface area contributed by atoms with Crippen molar-refractivity contribution in [2.45, 2.75) is 19.3 Å². The predicted octanol–water partition coefficient (Wildman–Crippen LogP) is 15.2. The quantitative estimate of drug-likeness (QED) is 0.169. The Bertz CT molecular complexity index is 3190. The van der Waals surface area contributed by atoms with E-state index in [9.17, 15) is 0 Å². The number of rotatable bonds is 6. The van der Waals surface area contributed by atoms with Crippen LogP contribution in [0.5, 0.6) is 0 Å². The summed E-state index contributed by atoms with van der Waals surface area (Å²) in [6, 6.07) is 70.3. The van der Waals surface area contributed by atoms with Crippen LogP contribution in [0.4, 0.5) is 0 Å².